The molecule has 0 aromatic rings. The Morgan fingerprint density at radius 2 is 2.15 bits per heavy atom. The fourth-order valence-corrected chi connectivity index (χ4v) is 4.76. The molecule has 1 N–H and O–H groups in total. The highest BCUT2D eigenvalue weighted by molar-refractivity contribution is 14.0. The summed E-state index contributed by atoms with van der Waals surface area (Å²) in [4.78, 5) is 6.58. The zero-order valence-electron chi connectivity index (χ0n) is 12.6. The second kappa shape index (κ2) is 6.81. The van der Waals surface area contributed by atoms with E-state index in [4.69, 9.17) is 0 Å². The van der Waals surface area contributed by atoms with Crippen LogP contribution in [-0.2, 0) is 9.84 Å². The lowest BCUT2D eigenvalue weighted by Gasteiger charge is -2.24. The van der Waals surface area contributed by atoms with Gasteiger partial charge in [0.15, 0.2) is 15.8 Å². The van der Waals surface area contributed by atoms with Crippen LogP contribution in [0.15, 0.2) is 4.99 Å². The van der Waals surface area contributed by atoms with Crippen LogP contribution >= 0.6 is 24.0 Å². The summed E-state index contributed by atoms with van der Waals surface area (Å²) < 4.78 is 22.9. The van der Waals surface area contributed by atoms with Gasteiger partial charge in [-0.1, -0.05) is 13.8 Å². The first-order valence-electron chi connectivity index (χ1n) is 6.97. The molecule has 2 aliphatic heterocycles. The summed E-state index contributed by atoms with van der Waals surface area (Å²) in [5.41, 5.74) is 0.342. The maximum Gasteiger partial charge on any atom is 0.193 e. The zero-order chi connectivity index (χ0) is 14.1. The number of rotatable bonds is 2. The van der Waals surface area contributed by atoms with Crippen LogP contribution in [-0.4, -0.2) is 57.5 Å². The fourth-order valence-electron chi connectivity index (χ4n) is 2.89. The van der Waals surface area contributed by atoms with Crippen LogP contribution in [0.2, 0.25) is 0 Å². The Kier molecular flexibility index (Phi) is 6.13. The molecule has 0 spiro atoms. The third-order valence-corrected chi connectivity index (χ3v) is 5.90. The van der Waals surface area contributed by atoms with Gasteiger partial charge in [0.25, 0.3) is 0 Å². The van der Waals surface area contributed by atoms with Gasteiger partial charge in [0, 0.05) is 26.7 Å². The van der Waals surface area contributed by atoms with Crippen LogP contribution in [0.25, 0.3) is 0 Å². The maximum atomic E-state index is 11.4. The van der Waals surface area contributed by atoms with Gasteiger partial charge < -0.3 is 10.2 Å². The lowest BCUT2D eigenvalue weighted by molar-refractivity contribution is 0.368. The van der Waals surface area contributed by atoms with Crippen molar-refractivity contribution in [2.45, 2.75) is 26.7 Å². The number of likely N-dealkylation sites (tertiary alicyclic amines) is 1. The molecule has 2 fully saturated rings. The van der Waals surface area contributed by atoms with E-state index in [-0.39, 0.29) is 29.9 Å². The molecule has 2 aliphatic rings. The van der Waals surface area contributed by atoms with Gasteiger partial charge in [-0.3, -0.25) is 4.99 Å². The molecule has 0 radical (unpaired) electrons. The van der Waals surface area contributed by atoms with Gasteiger partial charge in [0.05, 0.1) is 11.5 Å². The molecule has 0 aromatic carbocycles. The van der Waals surface area contributed by atoms with Gasteiger partial charge in [-0.25, -0.2) is 8.42 Å². The van der Waals surface area contributed by atoms with E-state index in [1.54, 1.807) is 7.05 Å². The Balaban J connectivity index is 0.00000200. The average molecular weight is 415 g/mol. The second-order valence-corrected chi connectivity index (χ2v) is 8.76. The molecule has 20 heavy (non-hydrogen) atoms. The van der Waals surface area contributed by atoms with Gasteiger partial charge in [-0.05, 0) is 24.2 Å². The molecule has 2 rings (SSSR count). The number of aliphatic imine (C=N–C) groups is 1. The Morgan fingerprint density at radius 3 is 2.60 bits per heavy atom. The van der Waals surface area contributed by atoms with Crippen molar-refractivity contribution in [1.82, 2.24) is 10.2 Å². The monoisotopic (exact) mass is 415 g/mol. The van der Waals surface area contributed by atoms with Crippen LogP contribution in [0, 0.1) is 11.3 Å². The lowest BCUT2D eigenvalue weighted by Crippen LogP contribution is -2.42. The van der Waals surface area contributed by atoms with Crippen molar-refractivity contribution in [3.8, 4) is 0 Å². The Labute approximate surface area is 139 Å². The molecular weight excluding hydrogens is 389 g/mol. The van der Waals surface area contributed by atoms with Crippen molar-refractivity contribution in [3.05, 3.63) is 0 Å². The van der Waals surface area contributed by atoms with Crippen LogP contribution in [0.4, 0.5) is 0 Å². The first-order valence-corrected chi connectivity index (χ1v) is 8.79. The minimum atomic E-state index is -2.78. The van der Waals surface area contributed by atoms with E-state index in [1.165, 1.54) is 6.42 Å². The van der Waals surface area contributed by atoms with Gasteiger partial charge >= 0.3 is 0 Å². The summed E-state index contributed by atoms with van der Waals surface area (Å²) in [6, 6.07) is 0. The third kappa shape index (κ3) is 4.75. The van der Waals surface area contributed by atoms with Crippen molar-refractivity contribution in [1.29, 1.82) is 0 Å². The average Bonchev–Trinajstić information content (AvgIpc) is 2.83. The van der Waals surface area contributed by atoms with E-state index in [1.807, 2.05) is 0 Å². The SMILES string of the molecule is CN=C(NCC1CCS(=O)(=O)C1)N1CCC(C)(C)C1.I. The predicted octanol–water partition coefficient (Wildman–Crippen LogP) is 1.35. The van der Waals surface area contributed by atoms with Crippen molar-refractivity contribution in [2.75, 3.05) is 38.2 Å². The molecule has 0 saturated carbocycles. The van der Waals surface area contributed by atoms with E-state index in [9.17, 15) is 8.42 Å². The molecule has 0 amide bonds. The maximum absolute atomic E-state index is 11.4. The van der Waals surface area contributed by atoms with Gasteiger partial charge in [0.2, 0.25) is 0 Å². The lowest BCUT2D eigenvalue weighted by atomic mass is 9.93. The highest BCUT2D eigenvalue weighted by atomic mass is 127. The highest BCUT2D eigenvalue weighted by Crippen LogP contribution is 2.28. The summed E-state index contributed by atoms with van der Waals surface area (Å²) in [6.45, 7) is 7.28. The molecule has 0 aromatic heterocycles. The number of hydrogen-bond acceptors (Lipinski definition) is 3. The van der Waals surface area contributed by atoms with Crippen LogP contribution < -0.4 is 5.32 Å². The van der Waals surface area contributed by atoms with E-state index in [2.05, 4.69) is 29.1 Å². The number of halogens is 1. The quantitative estimate of drug-likeness (QED) is 0.420. The first kappa shape index (κ1) is 18.0. The van der Waals surface area contributed by atoms with Crippen molar-refractivity contribution < 1.29 is 8.42 Å². The molecule has 2 heterocycles. The molecule has 118 valence electrons. The van der Waals surface area contributed by atoms with Crippen molar-refractivity contribution >= 4 is 39.8 Å². The first-order chi connectivity index (χ1) is 8.81. The number of nitrogens with zero attached hydrogens (tertiary/aromatic N) is 2. The smallest absolute Gasteiger partial charge is 0.193 e. The molecule has 7 heteroatoms. The van der Waals surface area contributed by atoms with Crippen molar-refractivity contribution in [3.63, 3.8) is 0 Å². The minimum Gasteiger partial charge on any atom is -0.356 e. The Hall–Kier alpha value is -0.0500. The zero-order valence-corrected chi connectivity index (χ0v) is 15.7. The van der Waals surface area contributed by atoms with E-state index < -0.39 is 9.84 Å². The molecule has 1 atom stereocenters. The summed E-state index contributed by atoms with van der Waals surface area (Å²) in [5, 5.41) is 3.34. The number of hydrogen-bond donors (Lipinski definition) is 1. The molecule has 0 bridgehead atoms. The van der Waals surface area contributed by atoms with Crippen LogP contribution in [0.1, 0.15) is 26.7 Å². The molecular formula is C13H26IN3O2S. The van der Waals surface area contributed by atoms with Gasteiger partial charge in [-0.15, -0.1) is 24.0 Å². The molecule has 5 nitrogen and oxygen atoms in total. The van der Waals surface area contributed by atoms with Crippen LogP contribution in [0.3, 0.4) is 0 Å². The van der Waals surface area contributed by atoms with E-state index in [0.717, 1.165) is 25.5 Å². The molecule has 1 unspecified atom stereocenters. The second-order valence-electron chi connectivity index (χ2n) is 6.53. The van der Waals surface area contributed by atoms with Crippen LogP contribution in [0.5, 0.6) is 0 Å². The number of guanidine groups is 1. The predicted molar refractivity (Wildman–Crippen MR) is 93.5 cm³/mol. The van der Waals surface area contributed by atoms with Crippen molar-refractivity contribution in [2.24, 2.45) is 16.3 Å². The minimum absolute atomic E-state index is 0. The normalized spacial score (nSPS) is 28.2. The third-order valence-electron chi connectivity index (χ3n) is 4.06. The summed E-state index contributed by atoms with van der Waals surface area (Å²) in [6.07, 6.45) is 1.95. The summed E-state index contributed by atoms with van der Waals surface area (Å²) in [5.74, 6) is 1.81. The topological polar surface area (TPSA) is 61.8 Å². The largest absolute Gasteiger partial charge is 0.356 e. The highest BCUT2D eigenvalue weighted by Gasteiger charge is 2.32. The molecule has 2 saturated heterocycles. The molecule has 0 aliphatic carbocycles. The van der Waals surface area contributed by atoms with Gasteiger partial charge in [0.1, 0.15) is 0 Å². The summed E-state index contributed by atoms with van der Waals surface area (Å²) >= 11 is 0. The number of nitrogens with one attached hydrogen (secondary N) is 1. The van der Waals surface area contributed by atoms with Gasteiger partial charge in [-0.2, -0.15) is 0 Å². The van der Waals surface area contributed by atoms with E-state index in [0.29, 0.717) is 23.5 Å². The number of sulfone groups is 1. The Morgan fingerprint density at radius 1 is 1.45 bits per heavy atom. The standard InChI is InChI=1S/C13H25N3O2S.HI/c1-13(2)5-6-16(10-13)12(14-3)15-8-11-4-7-19(17,18)9-11;/h11H,4-10H2,1-3H3,(H,14,15);1H. The fraction of sp³-hybridized carbons (Fsp3) is 0.923. The van der Waals surface area contributed by atoms with E-state index >= 15 is 0 Å². The summed E-state index contributed by atoms with van der Waals surface area (Å²) in [7, 11) is -0.990. The Bertz CT molecular complexity index is 462.